The molecular weight excluding hydrogens is 234 g/mol. The van der Waals surface area contributed by atoms with Gasteiger partial charge in [0.15, 0.2) is 5.70 Å². The molecule has 0 aliphatic heterocycles. The van der Waals surface area contributed by atoms with Gasteiger partial charge in [0.2, 0.25) is 0 Å². The SMILES string of the molecule is O=C(O)C=C(C(=O)O)N(Cl)c1ccccc1. The summed E-state index contributed by atoms with van der Waals surface area (Å²) in [7, 11) is 0. The van der Waals surface area contributed by atoms with E-state index in [1.165, 1.54) is 0 Å². The van der Waals surface area contributed by atoms with E-state index in [1.807, 2.05) is 0 Å². The summed E-state index contributed by atoms with van der Waals surface area (Å²) in [6, 6.07) is 8.17. The van der Waals surface area contributed by atoms with E-state index in [1.54, 1.807) is 30.3 Å². The number of rotatable bonds is 4. The number of halogens is 1. The second kappa shape index (κ2) is 5.18. The molecule has 0 aliphatic rings. The average Bonchev–Trinajstić information content (AvgIpc) is 2.25. The van der Waals surface area contributed by atoms with Crippen LogP contribution in [0.25, 0.3) is 0 Å². The third kappa shape index (κ3) is 2.99. The fraction of sp³-hybridized carbons (Fsp3) is 0. The molecule has 1 aromatic carbocycles. The summed E-state index contributed by atoms with van der Waals surface area (Å²) in [5.41, 5.74) is -0.153. The number of carboxylic acids is 2. The van der Waals surface area contributed by atoms with Crippen molar-refractivity contribution < 1.29 is 19.8 Å². The van der Waals surface area contributed by atoms with Crippen LogP contribution in [0.2, 0.25) is 0 Å². The lowest BCUT2D eigenvalue weighted by Gasteiger charge is -2.15. The van der Waals surface area contributed by atoms with E-state index in [2.05, 4.69) is 0 Å². The second-order valence-electron chi connectivity index (χ2n) is 2.79. The Bertz CT molecular complexity index is 430. The van der Waals surface area contributed by atoms with Gasteiger partial charge in [-0.3, -0.25) is 0 Å². The van der Waals surface area contributed by atoms with Gasteiger partial charge in [0, 0.05) is 11.8 Å². The van der Waals surface area contributed by atoms with Crippen LogP contribution in [0, 0.1) is 0 Å². The minimum atomic E-state index is -1.42. The van der Waals surface area contributed by atoms with Crippen LogP contribution < -0.4 is 4.42 Å². The third-order valence-corrected chi connectivity index (χ3v) is 2.05. The first-order valence-electron chi connectivity index (χ1n) is 4.21. The Hall–Kier alpha value is -2.01. The molecular formula is C10H8ClNO4. The zero-order chi connectivity index (χ0) is 12.1. The Kier molecular flexibility index (Phi) is 3.90. The van der Waals surface area contributed by atoms with Crippen molar-refractivity contribution in [3.8, 4) is 0 Å². The molecule has 5 nitrogen and oxygen atoms in total. The molecule has 1 rings (SSSR count). The number of anilines is 1. The van der Waals surface area contributed by atoms with Crippen LogP contribution in [-0.4, -0.2) is 22.2 Å². The Morgan fingerprint density at radius 3 is 2.19 bits per heavy atom. The van der Waals surface area contributed by atoms with Crippen molar-refractivity contribution in [2.45, 2.75) is 0 Å². The largest absolute Gasteiger partial charge is 0.478 e. The molecule has 0 radical (unpaired) electrons. The van der Waals surface area contributed by atoms with Gasteiger partial charge in [-0.1, -0.05) is 18.2 Å². The first-order chi connectivity index (χ1) is 7.52. The monoisotopic (exact) mass is 241 g/mol. The van der Waals surface area contributed by atoms with Crippen molar-refractivity contribution >= 4 is 29.4 Å². The van der Waals surface area contributed by atoms with Crippen LogP contribution in [0.4, 0.5) is 5.69 Å². The average molecular weight is 242 g/mol. The first kappa shape index (κ1) is 12.1. The lowest BCUT2D eigenvalue weighted by Crippen LogP contribution is -2.19. The molecule has 2 N–H and O–H groups in total. The van der Waals surface area contributed by atoms with Gasteiger partial charge in [-0.15, -0.1) is 0 Å². The third-order valence-electron chi connectivity index (χ3n) is 1.67. The van der Waals surface area contributed by atoms with Crippen molar-refractivity contribution in [3.63, 3.8) is 0 Å². The Labute approximate surface area is 96.3 Å². The molecule has 0 aromatic heterocycles. The van der Waals surface area contributed by atoms with Gasteiger partial charge in [0.05, 0.1) is 11.8 Å². The van der Waals surface area contributed by atoms with Crippen LogP contribution in [0.5, 0.6) is 0 Å². The van der Waals surface area contributed by atoms with E-state index in [9.17, 15) is 9.59 Å². The van der Waals surface area contributed by atoms with E-state index in [0.29, 0.717) is 11.8 Å². The van der Waals surface area contributed by atoms with Crippen LogP contribution in [0.3, 0.4) is 0 Å². The predicted molar refractivity (Wildman–Crippen MR) is 58.1 cm³/mol. The molecule has 6 heteroatoms. The molecule has 0 saturated heterocycles. The summed E-state index contributed by atoms with van der Waals surface area (Å²) in [5, 5.41) is 17.3. The van der Waals surface area contributed by atoms with Gasteiger partial charge in [-0.05, 0) is 12.1 Å². The van der Waals surface area contributed by atoms with Crippen LogP contribution >= 0.6 is 11.8 Å². The molecule has 0 bridgehead atoms. The summed E-state index contributed by atoms with van der Waals surface area (Å²) < 4.78 is 0.774. The molecule has 0 saturated carbocycles. The van der Waals surface area contributed by atoms with Gasteiger partial charge in [-0.2, -0.15) is 0 Å². The van der Waals surface area contributed by atoms with Gasteiger partial charge in [0.25, 0.3) is 0 Å². The predicted octanol–water partition coefficient (Wildman–Crippen LogP) is 1.70. The van der Waals surface area contributed by atoms with E-state index < -0.39 is 17.6 Å². The maximum absolute atomic E-state index is 10.8. The van der Waals surface area contributed by atoms with Gasteiger partial charge < -0.3 is 10.2 Å². The van der Waals surface area contributed by atoms with Gasteiger partial charge >= 0.3 is 11.9 Å². The Balaban J connectivity index is 3.06. The molecule has 0 fully saturated rings. The number of aliphatic carboxylic acids is 2. The van der Waals surface area contributed by atoms with Gasteiger partial charge in [-0.25, -0.2) is 14.0 Å². The summed E-state index contributed by atoms with van der Waals surface area (Å²) in [6.07, 6.45) is 0.530. The summed E-state index contributed by atoms with van der Waals surface area (Å²) in [5.74, 6) is -2.79. The molecule has 0 amide bonds. The van der Waals surface area contributed by atoms with Crippen molar-refractivity contribution in [2.75, 3.05) is 4.42 Å². The van der Waals surface area contributed by atoms with Crippen molar-refractivity contribution in [2.24, 2.45) is 0 Å². The standard InChI is InChI=1S/C10H8ClNO4/c11-12(7-4-2-1-3-5-7)8(10(15)16)6-9(13)14/h1-6H,(H,13,14)(H,15,16). The molecule has 0 heterocycles. The highest BCUT2D eigenvalue weighted by Gasteiger charge is 2.18. The van der Waals surface area contributed by atoms with Crippen molar-refractivity contribution in [1.82, 2.24) is 0 Å². The van der Waals surface area contributed by atoms with Crippen molar-refractivity contribution in [3.05, 3.63) is 42.1 Å². The van der Waals surface area contributed by atoms with Crippen molar-refractivity contribution in [1.29, 1.82) is 0 Å². The lowest BCUT2D eigenvalue weighted by atomic mass is 10.3. The number of carboxylic acid groups (broad SMARTS) is 2. The Morgan fingerprint density at radius 1 is 1.19 bits per heavy atom. The zero-order valence-corrected chi connectivity index (χ0v) is 8.76. The highest BCUT2D eigenvalue weighted by atomic mass is 35.5. The molecule has 84 valence electrons. The second-order valence-corrected chi connectivity index (χ2v) is 3.13. The summed E-state index contributed by atoms with van der Waals surface area (Å²) in [6.45, 7) is 0. The minimum absolute atomic E-state index is 0.374. The molecule has 0 atom stereocenters. The molecule has 0 spiro atoms. The van der Waals surface area contributed by atoms with Crippen LogP contribution in [-0.2, 0) is 9.59 Å². The number of benzene rings is 1. The molecule has 16 heavy (non-hydrogen) atoms. The topological polar surface area (TPSA) is 77.8 Å². The number of hydrogen-bond acceptors (Lipinski definition) is 3. The molecule has 0 aliphatic carbocycles. The number of carbonyl (C=O) groups is 2. The highest BCUT2D eigenvalue weighted by molar-refractivity contribution is 6.30. The lowest BCUT2D eigenvalue weighted by molar-refractivity contribution is -0.135. The number of nitrogens with zero attached hydrogens (tertiary/aromatic N) is 1. The molecule has 0 unspecified atom stereocenters. The van der Waals surface area contributed by atoms with E-state index in [0.717, 1.165) is 4.42 Å². The fourth-order valence-electron chi connectivity index (χ4n) is 1.02. The van der Waals surface area contributed by atoms with Gasteiger partial charge in [0.1, 0.15) is 0 Å². The number of hydrogen-bond donors (Lipinski definition) is 2. The molecule has 1 aromatic rings. The van der Waals surface area contributed by atoms with E-state index in [4.69, 9.17) is 22.0 Å². The zero-order valence-electron chi connectivity index (χ0n) is 8.00. The summed E-state index contributed by atoms with van der Waals surface area (Å²) in [4.78, 5) is 21.2. The minimum Gasteiger partial charge on any atom is -0.478 e. The summed E-state index contributed by atoms with van der Waals surface area (Å²) >= 11 is 5.73. The smallest absolute Gasteiger partial charge is 0.354 e. The maximum atomic E-state index is 10.8. The Morgan fingerprint density at radius 2 is 1.75 bits per heavy atom. The number of para-hydroxylation sites is 1. The highest BCUT2D eigenvalue weighted by Crippen LogP contribution is 2.21. The first-order valence-corrected chi connectivity index (χ1v) is 4.55. The quantitative estimate of drug-likeness (QED) is 0.620. The van der Waals surface area contributed by atoms with Crippen LogP contribution in [0.15, 0.2) is 42.1 Å². The van der Waals surface area contributed by atoms with E-state index in [-0.39, 0.29) is 0 Å². The van der Waals surface area contributed by atoms with Crippen LogP contribution in [0.1, 0.15) is 0 Å². The fourth-order valence-corrected chi connectivity index (χ4v) is 1.25. The maximum Gasteiger partial charge on any atom is 0.354 e. The van der Waals surface area contributed by atoms with E-state index >= 15 is 0 Å². The normalized spacial score (nSPS) is 10.9.